The summed E-state index contributed by atoms with van der Waals surface area (Å²) >= 11 is 1.47. The number of piperidine rings is 2. The molecule has 7 heteroatoms. The van der Waals surface area contributed by atoms with Crippen LogP contribution in [0.1, 0.15) is 38.3 Å². The number of hydrogen-bond donors (Lipinski definition) is 2. The molecular formula is C16H24N4O2S. The zero-order chi connectivity index (χ0) is 16.2. The predicted octanol–water partition coefficient (Wildman–Crippen LogP) is 1.84. The minimum absolute atomic E-state index is 0.0291. The van der Waals surface area contributed by atoms with Crippen LogP contribution >= 0.6 is 11.3 Å². The topological polar surface area (TPSA) is 74.3 Å². The first-order chi connectivity index (χ1) is 11.1. The second-order valence-electron chi connectivity index (χ2n) is 6.63. The molecule has 1 unspecified atom stereocenters. The normalized spacial score (nSPS) is 23.5. The van der Waals surface area contributed by atoms with E-state index in [1.807, 2.05) is 5.38 Å². The van der Waals surface area contributed by atoms with E-state index in [1.54, 1.807) is 0 Å². The first kappa shape index (κ1) is 16.4. The minimum atomic E-state index is -0.149. The fraction of sp³-hybridized carbons (Fsp3) is 0.688. The summed E-state index contributed by atoms with van der Waals surface area (Å²) in [5, 5.41) is 8.31. The Morgan fingerprint density at radius 3 is 2.91 bits per heavy atom. The highest BCUT2D eigenvalue weighted by Crippen LogP contribution is 2.22. The standard InChI is InChI=1S/C16H24N4O2S/c1-11-4-6-20(7-5-11)9-13-10-23-16(18-13)19-15(22)12-2-3-14(21)17-8-12/h10-12H,2-9H2,1H3,(H,17,21)(H,18,19,22). The van der Waals surface area contributed by atoms with Crippen molar-refractivity contribution in [3.05, 3.63) is 11.1 Å². The van der Waals surface area contributed by atoms with Crippen molar-refractivity contribution in [2.24, 2.45) is 11.8 Å². The summed E-state index contributed by atoms with van der Waals surface area (Å²) in [6.07, 6.45) is 3.54. The Bertz CT molecular complexity index is 556. The minimum Gasteiger partial charge on any atom is -0.355 e. The Labute approximate surface area is 140 Å². The lowest BCUT2D eigenvalue weighted by molar-refractivity contribution is -0.126. The van der Waals surface area contributed by atoms with Crippen molar-refractivity contribution in [2.75, 3.05) is 25.0 Å². The molecule has 3 rings (SSSR count). The molecule has 1 aromatic heterocycles. The SMILES string of the molecule is CC1CCN(Cc2csc(NC(=O)C3CCC(=O)NC3)n2)CC1. The van der Waals surface area contributed by atoms with E-state index < -0.39 is 0 Å². The molecule has 0 spiro atoms. The lowest BCUT2D eigenvalue weighted by Crippen LogP contribution is -2.40. The molecule has 2 aliphatic heterocycles. The van der Waals surface area contributed by atoms with E-state index in [1.165, 1.54) is 24.2 Å². The molecule has 2 saturated heterocycles. The van der Waals surface area contributed by atoms with Crippen molar-refractivity contribution in [3.63, 3.8) is 0 Å². The molecule has 0 saturated carbocycles. The van der Waals surface area contributed by atoms with Gasteiger partial charge in [-0.3, -0.25) is 14.5 Å². The highest BCUT2D eigenvalue weighted by molar-refractivity contribution is 7.13. The third-order valence-electron chi connectivity index (χ3n) is 4.68. The van der Waals surface area contributed by atoms with Gasteiger partial charge in [0.05, 0.1) is 11.6 Å². The Morgan fingerprint density at radius 2 is 2.22 bits per heavy atom. The van der Waals surface area contributed by atoms with Gasteiger partial charge in [-0.25, -0.2) is 4.98 Å². The van der Waals surface area contributed by atoms with E-state index >= 15 is 0 Å². The largest absolute Gasteiger partial charge is 0.355 e. The molecule has 2 fully saturated rings. The number of rotatable bonds is 4. The molecule has 2 N–H and O–H groups in total. The van der Waals surface area contributed by atoms with Crippen molar-refractivity contribution in [2.45, 2.75) is 39.2 Å². The van der Waals surface area contributed by atoms with Gasteiger partial charge in [0.1, 0.15) is 0 Å². The van der Waals surface area contributed by atoms with Crippen LogP contribution in [0, 0.1) is 11.8 Å². The number of anilines is 1. The van der Waals surface area contributed by atoms with Crippen LogP contribution in [0.4, 0.5) is 5.13 Å². The highest BCUT2D eigenvalue weighted by atomic mass is 32.1. The van der Waals surface area contributed by atoms with Gasteiger partial charge in [-0.2, -0.15) is 0 Å². The molecule has 23 heavy (non-hydrogen) atoms. The summed E-state index contributed by atoms with van der Waals surface area (Å²) in [6.45, 7) is 5.85. The fourth-order valence-corrected chi connectivity index (χ4v) is 3.75. The second kappa shape index (κ2) is 7.40. The van der Waals surface area contributed by atoms with Gasteiger partial charge in [-0.05, 0) is 38.3 Å². The number of amides is 2. The number of nitrogens with one attached hydrogen (secondary N) is 2. The van der Waals surface area contributed by atoms with E-state index in [0.29, 0.717) is 24.5 Å². The van der Waals surface area contributed by atoms with Crippen LogP contribution in [0.3, 0.4) is 0 Å². The van der Waals surface area contributed by atoms with Gasteiger partial charge in [-0.15, -0.1) is 11.3 Å². The van der Waals surface area contributed by atoms with Crippen LogP contribution in [0.5, 0.6) is 0 Å². The lowest BCUT2D eigenvalue weighted by atomic mass is 9.98. The van der Waals surface area contributed by atoms with Gasteiger partial charge in [0.25, 0.3) is 0 Å². The zero-order valence-electron chi connectivity index (χ0n) is 13.5. The Hall–Kier alpha value is -1.47. The quantitative estimate of drug-likeness (QED) is 0.880. The van der Waals surface area contributed by atoms with Gasteiger partial charge in [0.15, 0.2) is 5.13 Å². The van der Waals surface area contributed by atoms with E-state index in [-0.39, 0.29) is 17.7 Å². The smallest absolute Gasteiger partial charge is 0.231 e. The van der Waals surface area contributed by atoms with Crippen LogP contribution in [0.25, 0.3) is 0 Å². The first-order valence-electron chi connectivity index (χ1n) is 8.34. The van der Waals surface area contributed by atoms with Crippen LogP contribution in [-0.4, -0.2) is 41.3 Å². The maximum absolute atomic E-state index is 12.2. The summed E-state index contributed by atoms with van der Waals surface area (Å²) in [6, 6.07) is 0. The highest BCUT2D eigenvalue weighted by Gasteiger charge is 2.25. The lowest BCUT2D eigenvalue weighted by Gasteiger charge is -2.29. The molecule has 0 aromatic carbocycles. The van der Waals surface area contributed by atoms with Crippen LogP contribution in [0.15, 0.2) is 5.38 Å². The van der Waals surface area contributed by atoms with Gasteiger partial charge in [-0.1, -0.05) is 6.92 Å². The van der Waals surface area contributed by atoms with E-state index in [9.17, 15) is 9.59 Å². The molecule has 6 nitrogen and oxygen atoms in total. The molecule has 0 aliphatic carbocycles. The van der Waals surface area contributed by atoms with Gasteiger partial charge in [0.2, 0.25) is 11.8 Å². The van der Waals surface area contributed by atoms with E-state index in [4.69, 9.17) is 0 Å². The van der Waals surface area contributed by atoms with Gasteiger partial charge in [0, 0.05) is 24.9 Å². The number of likely N-dealkylation sites (tertiary alicyclic amines) is 1. The number of carbonyl (C=O) groups is 2. The van der Waals surface area contributed by atoms with Gasteiger partial charge < -0.3 is 10.6 Å². The maximum atomic E-state index is 12.2. The average Bonchev–Trinajstić information content (AvgIpc) is 2.97. The van der Waals surface area contributed by atoms with Crippen LogP contribution < -0.4 is 10.6 Å². The molecule has 0 radical (unpaired) electrons. The van der Waals surface area contributed by atoms with E-state index in [2.05, 4.69) is 27.4 Å². The van der Waals surface area contributed by atoms with Crippen LogP contribution in [-0.2, 0) is 16.1 Å². The number of hydrogen-bond acceptors (Lipinski definition) is 5. The van der Waals surface area contributed by atoms with Crippen LogP contribution in [0.2, 0.25) is 0 Å². The summed E-state index contributed by atoms with van der Waals surface area (Å²) in [4.78, 5) is 30.3. The third kappa shape index (κ3) is 4.51. The number of carbonyl (C=O) groups excluding carboxylic acids is 2. The van der Waals surface area contributed by atoms with Crippen molar-refractivity contribution in [1.82, 2.24) is 15.2 Å². The summed E-state index contributed by atoms with van der Waals surface area (Å²) in [7, 11) is 0. The van der Waals surface area contributed by atoms with Crippen molar-refractivity contribution >= 4 is 28.3 Å². The van der Waals surface area contributed by atoms with Crippen molar-refractivity contribution < 1.29 is 9.59 Å². The predicted molar refractivity (Wildman–Crippen MR) is 90.2 cm³/mol. The average molecular weight is 336 g/mol. The molecule has 2 aliphatic rings. The Morgan fingerprint density at radius 1 is 1.43 bits per heavy atom. The molecule has 2 amide bonds. The zero-order valence-corrected chi connectivity index (χ0v) is 14.3. The number of nitrogens with zero attached hydrogens (tertiary/aromatic N) is 2. The molecular weight excluding hydrogens is 312 g/mol. The molecule has 3 heterocycles. The van der Waals surface area contributed by atoms with Crippen molar-refractivity contribution in [1.29, 1.82) is 0 Å². The summed E-state index contributed by atoms with van der Waals surface area (Å²) < 4.78 is 0. The van der Waals surface area contributed by atoms with Crippen molar-refractivity contribution in [3.8, 4) is 0 Å². The number of thiazole rings is 1. The Kier molecular flexibility index (Phi) is 5.27. The summed E-state index contributed by atoms with van der Waals surface area (Å²) in [5.74, 6) is 0.662. The molecule has 0 bridgehead atoms. The first-order valence-corrected chi connectivity index (χ1v) is 9.22. The second-order valence-corrected chi connectivity index (χ2v) is 7.49. The van der Waals surface area contributed by atoms with Gasteiger partial charge >= 0.3 is 0 Å². The molecule has 1 aromatic rings. The fourth-order valence-electron chi connectivity index (χ4n) is 3.05. The summed E-state index contributed by atoms with van der Waals surface area (Å²) in [5.41, 5.74) is 1.02. The van der Waals surface area contributed by atoms with E-state index in [0.717, 1.165) is 31.2 Å². The maximum Gasteiger partial charge on any atom is 0.231 e. The Balaban J connectivity index is 1.49. The number of aromatic nitrogens is 1. The molecule has 1 atom stereocenters. The molecule has 126 valence electrons. The monoisotopic (exact) mass is 336 g/mol. The third-order valence-corrected chi connectivity index (χ3v) is 5.49.